The second-order valence-electron chi connectivity index (χ2n) is 2.71. The zero-order valence-electron chi connectivity index (χ0n) is 7.83. The van der Waals surface area contributed by atoms with Gasteiger partial charge < -0.3 is 4.74 Å². The van der Waals surface area contributed by atoms with Gasteiger partial charge >= 0.3 is 0 Å². The van der Waals surface area contributed by atoms with Gasteiger partial charge in [-0.3, -0.25) is 9.59 Å². The fourth-order valence-electron chi connectivity index (χ4n) is 1.23. The molecule has 0 aliphatic carbocycles. The minimum absolute atomic E-state index is 0.169. The van der Waals surface area contributed by atoms with Gasteiger partial charge in [0.15, 0.2) is 12.1 Å². The number of aldehydes is 1. The fourth-order valence-corrected chi connectivity index (χ4v) is 1.85. The van der Waals surface area contributed by atoms with Crippen LogP contribution in [0, 0.1) is 0 Å². The monoisotopic (exact) mass is 256 g/mol. The number of ketones is 1. The lowest BCUT2D eigenvalue weighted by Gasteiger charge is -2.08. The third-order valence-corrected chi connectivity index (χ3v) is 2.51. The first-order valence-corrected chi connectivity index (χ1v) is 4.73. The molecule has 14 heavy (non-hydrogen) atoms. The van der Waals surface area contributed by atoms with E-state index in [0.29, 0.717) is 22.1 Å². The Morgan fingerprint density at radius 1 is 1.50 bits per heavy atom. The third kappa shape index (κ3) is 1.85. The van der Waals surface area contributed by atoms with Crippen molar-refractivity contribution < 1.29 is 14.3 Å². The van der Waals surface area contributed by atoms with Gasteiger partial charge in [0.05, 0.1) is 12.7 Å². The molecule has 0 aliphatic rings. The molecule has 1 aromatic rings. The average Bonchev–Trinajstić information content (AvgIpc) is 2.16. The molecule has 1 aromatic carbocycles. The largest absolute Gasteiger partial charge is 0.496 e. The molecule has 74 valence electrons. The highest BCUT2D eigenvalue weighted by Crippen LogP contribution is 2.27. The molecule has 0 aromatic heterocycles. The molecule has 0 amide bonds. The summed E-state index contributed by atoms with van der Waals surface area (Å²) in [6.07, 6.45) is 0.625. The van der Waals surface area contributed by atoms with Crippen LogP contribution in [0.2, 0.25) is 0 Å². The summed E-state index contributed by atoms with van der Waals surface area (Å²) in [7, 11) is 1.46. The number of rotatable bonds is 3. The fraction of sp³-hybridized carbons (Fsp3) is 0.200. The van der Waals surface area contributed by atoms with Crippen molar-refractivity contribution >= 4 is 28.0 Å². The maximum Gasteiger partial charge on any atom is 0.161 e. The molecule has 4 heteroatoms. The number of carbonyl (C=O) groups is 2. The molecule has 1 rings (SSSR count). The Bertz CT molecular complexity index is 385. The summed E-state index contributed by atoms with van der Waals surface area (Å²) in [4.78, 5) is 22.1. The van der Waals surface area contributed by atoms with Crippen molar-refractivity contribution in [2.45, 2.75) is 6.92 Å². The van der Waals surface area contributed by atoms with Crippen LogP contribution in [-0.2, 0) is 0 Å². The van der Waals surface area contributed by atoms with Crippen LogP contribution in [0.3, 0.4) is 0 Å². The van der Waals surface area contributed by atoms with Crippen LogP contribution in [0.1, 0.15) is 27.6 Å². The summed E-state index contributed by atoms with van der Waals surface area (Å²) in [5.41, 5.74) is 0.647. The zero-order chi connectivity index (χ0) is 10.7. The van der Waals surface area contributed by atoms with Gasteiger partial charge in [-0.2, -0.15) is 0 Å². The molecule has 0 spiro atoms. The highest BCUT2D eigenvalue weighted by Gasteiger charge is 2.15. The molecule has 0 fully saturated rings. The summed E-state index contributed by atoms with van der Waals surface area (Å²) >= 11 is 3.22. The molecule has 0 unspecified atom stereocenters. The van der Waals surface area contributed by atoms with E-state index in [1.165, 1.54) is 14.0 Å². The van der Waals surface area contributed by atoms with Crippen LogP contribution < -0.4 is 4.74 Å². The Kier molecular flexibility index (Phi) is 3.41. The van der Waals surface area contributed by atoms with E-state index in [-0.39, 0.29) is 11.3 Å². The molecule has 0 radical (unpaired) electrons. The zero-order valence-corrected chi connectivity index (χ0v) is 9.42. The predicted octanol–water partition coefficient (Wildman–Crippen LogP) is 2.47. The van der Waals surface area contributed by atoms with Gasteiger partial charge in [0.2, 0.25) is 0 Å². The second kappa shape index (κ2) is 4.37. The third-order valence-electron chi connectivity index (χ3n) is 1.84. The van der Waals surface area contributed by atoms with E-state index in [0.717, 1.165) is 0 Å². The summed E-state index contributed by atoms with van der Waals surface area (Å²) < 4.78 is 5.58. The van der Waals surface area contributed by atoms with Crippen molar-refractivity contribution in [3.63, 3.8) is 0 Å². The van der Waals surface area contributed by atoms with E-state index >= 15 is 0 Å². The molecular formula is C10H9BrO3. The Labute approximate surface area is 90.2 Å². The number of hydrogen-bond acceptors (Lipinski definition) is 3. The molecule has 0 bridgehead atoms. The van der Waals surface area contributed by atoms with Crippen molar-refractivity contribution in [2.24, 2.45) is 0 Å². The van der Waals surface area contributed by atoms with Crippen molar-refractivity contribution in [3.8, 4) is 5.75 Å². The van der Waals surface area contributed by atoms with E-state index in [4.69, 9.17) is 4.74 Å². The second-order valence-corrected chi connectivity index (χ2v) is 3.57. The summed E-state index contributed by atoms with van der Waals surface area (Å²) in [5, 5.41) is 0. The number of hydrogen-bond donors (Lipinski definition) is 0. The smallest absolute Gasteiger partial charge is 0.161 e. The van der Waals surface area contributed by atoms with Crippen LogP contribution in [0.15, 0.2) is 16.6 Å². The van der Waals surface area contributed by atoms with Crippen molar-refractivity contribution in [3.05, 3.63) is 27.7 Å². The molecule has 0 heterocycles. The van der Waals surface area contributed by atoms with Gasteiger partial charge in [0.1, 0.15) is 5.75 Å². The van der Waals surface area contributed by atoms with Crippen LogP contribution in [-0.4, -0.2) is 19.2 Å². The van der Waals surface area contributed by atoms with Crippen LogP contribution >= 0.6 is 15.9 Å². The van der Waals surface area contributed by atoms with Gasteiger partial charge in [-0.25, -0.2) is 0 Å². The Hall–Kier alpha value is -1.16. The van der Waals surface area contributed by atoms with Crippen molar-refractivity contribution in [1.82, 2.24) is 0 Å². The summed E-state index contributed by atoms with van der Waals surface area (Å²) in [6, 6.07) is 3.32. The topological polar surface area (TPSA) is 43.4 Å². The average molecular weight is 257 g/mol. The van der Waals surface area contributed by atoms with Gasteiger partial charge in [-0.15, -0.1) is 0 Å². The van der Waals surface area contributed by atoms with Gasteiger partial charge in [0.25, 0.3) is 0 Å². The first kappa shape index (κ1) is 10.9. The molecule has 0 saturated heterocycles. The van der Waals surface area contributed by atoms with Crippen LogP contribution in [0.5, 0.6) is 5.75 Å². The summed E-state index contributed by atoms with van der Waals surface area (Å²) in [6.45, 7) is 1.41. The molecule has 3 nitrogen and oxygen atoms in total. The molecular weight excluding hydrogens is 248 g/mol. The lowest BCUT2D eigenvalue weighted by molar-refractivity contribution is 0.100. The highest BCUT2D eigenvalue weighted by molar-refractivity contribution is 9.10. The van der Waals surface area contributed by atoms with Crippen LogP contribution in [0.4, 0.5) is 0 Å². The van der Waals surface area contributed by atoms with E-state index < -0.39 is 0 Å². The SMILES string of the molecule is COc1ccc(Br)c(C(C)=O)c1C=O. The van der Waals surface area contributed by atoms with E-state index in [1.807, 2.05) is 0 Å². The number of methoxy groups -OCH3 is 1. The van der Waals surface area contributed by atoms with E-state index in [1.54, 1.807) is 12.1 Å². The van der Waals surface area contributed by atoms with Gasteiger partial charge in [-0.1, -0.05) is 15.9 Å². The number of halogens is 1. The highest BCUT2D eigenvalue weighted by atomic mass is 79.9. The Morgan fingerprint density at radius 3 is 2.57 bits per heavy atom. The van der Waals surface area contributed by atoms with Crippen molar-refractivity contribution in [1.29, 1.82) is 0 Å². The first-order valence-electron chi connectivity index (χ1n) is 3.94. The van der Waals surface area contributed by atoms with Gasteiger partial charge in [0, 0.05) is 10.0 Å². The number of Topliss-reactive ketones (excluding diaryl/α,β-unsaturated/α-hetero) is 1. The minimum atomic E-state index is -0.169. The standard InChI is InChI=1S/C10H9BrO3/c1-6(13)10-7(5-12)9(14-2)4-3-8(10)11/h3-5H,1-2H3. The normalized spacial score (nSPS) is 9.64. The minimum Gasteiger partial charge on any atom is -0.496 e. The lowest BCUT2D eigenvalue weighted by atomic mass is 10.0. The maximum atomic E-state index is 11.3. The van der Waals surface area contributed by atoms with Crippen molar-refractivity contribution in [2.75, 3.05) is 7.11 Å². The Morgan fingerprint density at radius 2 is 2.14 bits per heavy atom. The molecule has 0 N–H and O–H groups in total. The predicted molar refractivity (Wildman–Crippen MR) is 56.1 cm³/mol. The lowest BCUT2D eigenvalue weighted by Crippen LogP contribution is -2.02. The number of benzene rings is 1. The molecule has 0 atom stereocenters. The quantitative estimate of drug-likeness (QED) is 0.617. The Balaban J connectivity index is 3.50. The van der Waals surface area contributed by atoms with E-state index in [2.05, 4.69) is 15.9 Å². The van der Waals surface area contributed by atoms with Crippen LogP contribution in [0.25, 0.3) is 0 Å². The molecule has 0 saturated carbocycles. The first-order chi connectivity index (χ1) is 6.61. The maximum absolute atomic E-state index is 11.3. The number of carbonyl (C=O) groups excluding carboxylic acids is 2. The molecule has 0 aliphatic heterocycles. The van der Waals surface area contributed by atoms with E-state index in [9.17, 15) is 9.59 Å². The summed E-state index contributed by atoms with van der Waals surface area (Å²) in [5.74, 6) is 0.242. The number of ether oxygens (including phenoxy) is 1. The van der Waals surface area contributed by atoms with Gasteiger partial charge in [-0.05, 0) is 19.1 Å².